The Morgan fingerprint density at radius 3 is 2.12 bits per heavy atom. The lowest BCUT2D eigenvalue weighted by molar-refractivity contribution is -0.137. The van der Waals surface area contributed by atoms with Gasteiger partial charge in [0, 0.05) is 13.3 Å². The second kappa shape index (κ2) is 13.5. The quantitative estimate of drug-likeness (QED) is 0.436. The van der Waals surface area contributed by atoms with Gasteiger partial charge in [-0.15, -0.1) is 0 Å². The molecule has 0 saturated heterocycles. The van der Waals surface area contributed by atoms with Crippen LogP contribution in [0.5, 0.6) is 0 Å². The molecule has 4 heteroatoms. The third-order valence-electron chi connectivity index (χ3n) is 4.24. The van der Waals surface area contributed by atoms with Gasteiger partial charge in [-0.2, -0.15) is 0 Å². The first-order chi connectivity index (χ1) is 12.2. The smallest absolute Gasteiger partial charge is 0.302 e. The van der Waals surface area contributed by atoms with Crippen molar-refractivity contribution in [3.63, 3.8) is 0 Å². The molecule has 0 saturated carbocycles. The SMILES string of the molecule is CCCCCCCCCCCc1nc2ccccc2[nH]1.COC(C)=O. The van der Waals surface area contributed by atoms with Crippen LogP contribution in [-0.2, 0) is 16.0 Å². The molecule has 4 nitrogen and oxygen atoms in total. The lowest BCUT2D eigenvalue weighted by atomic mass is 10.1. The summed E-state index contributed by atoms with van der Waals surface area (Å²) < 4.78 is 4.11. The van der Waals surface area contributed by atoms with Gasteiger partial charge in [-0.1, -0.05) is 70.4 Å². The van der Waals surface area contributed by atoms with E-state index >= 15 is 0 Å². The summed E-state index contributed by atoms with van der Waals surface area (Å²) in [4.78, 5) is 17.6. The first-order valence-corrected chi connectivity index (χ1v) is 9.65. The molecular weight excluding hydrogens is 312 g/mol. The number of aryl methyl sites for hydroxylation is 1. The maximum Gasteiger partial charge on any atom is 0.302 e. The number of nitrogens with one attached hydrogen (secondary N) is 1. The van der Waals surface area contributed by atoms with Crippen molar-refractivity contribution in [3.05, 3.63) is 30.1 Å². The normalized spacial score (nSPS) is 10.4. The number of para-hydroxylation sites is 2. The van der Waals surface area contributed by atoms with Crippen molar-refractivity contribution >= 4 is 17.0 Å². The van der Waals surface area contributed by atoms with Crippen LogP contribution < -0.4 is 0 Å². The zero-order valence-corrected chi connectivity index (χ0v) is 16.1. The molecule has 0 amide bonds. The Morgan fingerprint density at radius 1 is 1.00 bits per heavy atom. The largest absolute Gasteiger partial charge is 0.469 e. The average molecular weight is 347 g/mol. The van der Waals surface area contributed by atoms with Crippen LogP contribution in [0.4, 0.5) is 0 Å². The number of aromatic amines is 1. The molecule has 1 N–H and O–H groups in total. The predicted molar refractivity (Wildman–Crippen MR) is 105 cm³/mol. The Hall–Kier alpha value is -1.84. The van der Waals surface area contributed by atoms with E-state index in [9.17, 15) is 4.79 Å². The van der Waals surface area contributed by atoms with Crippen LogP contribution >= 0.6 is 0 Å². The van der Waals surface area contributed by atoms with Crippen molar-refractivity contribution in [1.82, 2.24) is 9.97 Å². The Bertz CT molecular complexity index is 559. The number of rotatable bonds is 10. The third kappa shape index (κ3) is 9.90. The van der Waals surface area contributed by atoms with Crippen molar-refractivity contribution in [1.29, 1.82) is 0 Å². The molecule has 0 unspecified atom stereocenters. The number of imidazole rings is 1. The lowest BCUT2D eigenvalue weighted by Crippen LogP contribution is -1.88. The molecule has 0 aliphatic carbocycles. The van der Waals surface area contributed by atoms with Crippen LogP contribution in [0.2, 0.25) is 0 Å². The second-order valence-corrected chi connectivity index (χ2v) is 6.47. The fourth-order valence-electron chi connectivity index (χ4n) is 2.73. The fourth-order valence-corrected chi connectivity index (χ4v) is 2.73. The van der Waals surface area contributed by atoms with E-state index in [4.69, 9.17) is 0 Å². The van der Waals surface area contributed by atoms with E-state index in [1.165, 1.54) is 77.3 Å². The molecule has 0 aliphatic heterocycles. The van der Waals surface area contributed by atoms with Crippen LogP contribution in [-0.4, -0.2) is 23.0 Å². The van der Waals surface area contributed by atoms with E-state index in [-0.39, 0.29) is 5.97 Å². The number of fused-ring (bicyclic) bond motifs is 1. The molecule has 0 aliphatic rings. The molecule has 0 radical (unpaired) electrons. The Labute approximate surface area is 152 Å². The van der Waals surface area contributed by atoms with E-state index in [2.05, 4.69) is 39.8 Å². The minimum atomic E-state index is -0.245. The molecule has 0 bridgehead atoms. The highest BCUT2D eigenvalue weighted by atomic mass is 16.5. The lowest BCUT2D eigenvalue weighted by Gasteiger charge is -2.01. The Balaban J connectivity index is 0.000000550. The van der Waals surface area contributed by atoms with Crippen molar-refractivity contribution in [2.24, 2.45) is 0 Å². The molecule has 0 atom stereocenters. The molecule has 1 aromatic heterocycles. The number of carbonyl (C=O) groups is 1. The van der Waals surface area contributed by atoms with Gasteiger partial charge < -0.3 is 9.72 Å². The van der Waals surface area contributed by atoms with Gasteiger partial charge in [0.25, 0.3) is 0 Å². The van der Waals surface area contributed by atoms with Crippen molar-refractivity contribution in [2.75, 3.05) is 7.11 Å². The van der Waals surface area contributed by atoms with Crippen LogP contribution in [0, 0.1) is 0 Å². The van der Waals surface area contributed by atoms with E-state index in [1.54, 1.807) is 0 Å². The summed E-state index contributed by atoms with van der Waals surface area (Å²) in [5, 5.41) is 0. The minimum absolute atomic E-state index is 0.245. The number of hydrogen-bond donors (Lipinski definition) is 1. The number of benzene rings is 1. The van der Waals surface area contributed by atoms with Crippen LogP contribution in [0.1, 0.15) is 77.5 Å². The number of ether oxygens (including phenoxy) is 1. The summed E-state index contributed by atoms with van der Waals surface area (Å²) in [6.45, 7) is 3.64. The highest BCUT2D eigenvalue weighted by molar-refractivity contribution is 5.74. The maximum atomic E-state index is 9.59. The summed E-state index contributed by atoms with van der Waals surface area (Å²) in [6.07, 6.45) is 13.5. The number of methoxy groups -OCH3 is 1. The molecule has 0 fully saturated rings. The number of aromatic nitrogens is 2. The van der Waals surface area contributed by atoms with E-state index in [0.717, 1.165) is 17.8 Å². The fraction of sp³-hybridized carbons (Fsp3) is 0.619. The van der Waals surface area contributed by atoms with Gasteiger partial charge in [-0.05, 0) is 18.6 Å². The number of nitrogens with zero attached hydrogens (tertiary/aromatic N) is 1. The Kier molecular flexibility index (Phi) is 11.4. The minimum Gasteiger partial charge on any atom is -0.469 e. The molecule has 140 valence electrons. The standard InChI is InChI=1S/C18H28N2.C3H6O2/c1-2-3-4-5-6-7-8-9-10-15-18-19-16-13-11-12-14-17(16)20-18;1-3(4)5-2/h11-14H,2-10,15H2,1H3,(H,19,20);1-2H3. The van der Waals surface area contributed by atoms with E-state index < -0.39 is 0 Å². The summed E-state index contributed by atoms with van der Waals surface area (Å²) in [6, 6.07) is 8.28. The van der Waals surface area contributed by atoms with Gasteiger partial charge in [0.1, 0.15) is 5.82 Å². The summed E-state index contributed by atoms with van der Waals surface area (Å²) in [7, 11) is 1.35. The highest BCUT2D eigenvalue weighted by Gasteiger charge is 2.01. The molecule has 25 heavy (non-hydrogen) atoms. The van der Waals surface area contributed by atoms with E-state index in [0.29, 0.717) is 0 Å². The van der Waals surface area contributed by atoms with Crippen LogP contribution in [0.25, 0.3) is 11.0 Å². The number of unbranched alkanes of at least 4 members (excludes halogenated alkanes) is 8. The first-order valence-electron chi connectivity index (χ1n) is 9.65. The van der Waals surface area contributed by atoms with Crippen molar-refractivity contribution < 1.29 is 9.53 Å². The topological polar surface area (TPSA) is 55.0 Å². The summed E-state index contributed by atoms with van der Waals surface area (Å²) >= 11 is 0. The molecule has 2 rings (SSSR count). The van der Waals surface area contributed by atoms with E-state index in [1.807, 2.05) is 6.07 Å². The number of esters is 1. The Morgan fingerprint density at radius 2 is 1.56 bits per heavy atom. The van der Waals surface area contributed by atoms with Crippen molar-refractivity contribution in [2.45, 2.75) is 78.1 Å². The zero-order valence-electron chi connectivity index (χ0n) is 16.1. The number of hydrogen-bond acceptors (Lipinski definition) is 3. The second-order valence-electron chi connectivity index (χ2n) is 6.47. The molecule has 0 spiro atoms. The predicted octanol–water partition coefficient (Wildman–Crippen LogP) is 5.82. The molecule has 2 aromatic rings. The number of H-pyrrole nitrogens is 1. The van der Waals surface area contributed by atoms with Crippen LogP contribution in [0.3, 0.4) is 0 Å². The van der Waals surface area contributed by atoms with Gasteiger partial charge in [0.05, 0.1) is 18.1 Å². The van der Waals surface area contributed by atoms with Gasteiger partial charge >= 0.3 is 5.97 Å². The highest BCUT2D eigenvalue weighted by Crippen LogP contribution is 2.14. The summed E-state index contributed by atoms with van der Waals surface area (Å²) in [5.74, 6) is 0.902. The molecule has 1 aromatic carbocycles. The van der Waals surface area contributed by atoms with Gasteiger partial charge in [0.2, 0.25) is 0 Å². The number of carbonyl (C=O) groups excluding carboxylic acids is 1. The monoisotopic (exact) mass is 346 g/mol. The van der Waals surface area contributed by atoms with Gasteiger partial charge in [0.15, 0.2) is 0 Å². The van der Waals surface area contributed by atoms with Crippen LogP contribution in [0.15, 0.2) is 24.3 Å². The summed E-state index contributed by atoms with van der Waals surface area (Å²) in [5.41, 5.74) is 2.26. The zero-order chi connectivity index (χ0) is 18.3. The molecular formula is C21H34N2O2. The molecule has 1 heterocycles. The van der Waals surface area contributed by atoms with Gasteiger partial charge in [-0.25, -0.2) is 4.98 Å². The first kappa shape index (κ1) is 21.2. The average Bonchev–Trinajstić information content (AvgIpc) is 3.03. The maximum absolute atomic E-state index is 9.59. The third-order valence-corrected chi connectivity index (χ3v) is 4.24. The van der Waals surface area contributed by atoms with Crippen molar-refractivity contribution in [3.8, 4) is 0 Å². The van der Waals surface area contributed by atoms with Gasteiger partial charge in [-0.3, -0.25) is 4.79 Å².